The zero-order valence-electron chi connectivity index (χ0n) is 11.4. The number of carbonyl (C=O) groups excluding carboxylic acids is 1. The first kappa shape index (κ1) is 18.3. The van der Waals surface area contributed by atoms with Crippen LogP contribution in [0, 0.1) is 3.57 Å². The Morgan fingerprint density at radius 2 is 2.05 bits per heavy atom. The van der Waals surface area contributed by atoms with E-state index in [-0.39, 0.29) is 12.1 Å². The van der Waals surface area contributed by atoms with Gasteiger partial charge in [-0.05, 0) is 41.6 Å². The molecule has 0 aliphatic heterocycles. The Morgan fingerprint density at radius 3 is 2.52 bits per heavy atom. The summed E-state index contributed by atoms with van der Waals surface area (Å²) in [5.74, 6) is -0.240. The second kappa shape index (κ2) is 7.53. The molecule has 1 amide bonds. The largest absolute Gasteiger partial charge is 0.496 e. The summed E-state index contributed by atoms with van der Waals surface area (Å²) in [7, 11) is 1.39. The Kier molecular flexibility index (Phi) is 6.58. The molecular formula is C13H14ClF3INO2. The van der Waals surface area contributed by atoms with Crippen LogP contribution in [0.15, 0.2) is 12.1 Å². The van der Waals surface area contributed by atoms with E-state index in [0.717, 1.165) is 4.90 Å². The van der Waals surface area contributed by atoms with Crippen molar-refractivity contribution in [3.63, 3.8) is 0 Å². The van der Waals surface area contributed by atoms with E-state index >= 15 is 0 Å². The molecule has 1 aromatic carbocycles. The number of alkyl halides is 3. The third-order valence-electron chi connectivity index (χ3n) is 2.81. The molecule has 0 aliphatic carbocycles. The molecule has 21 heavy (non-hydrogen) atoms. The van der Waals surface area contributed by atoms with Gasteiger partial charge in [-0.25, -0.2) is 0 Å². The molecule has 0 bridgehead atoms. The lowest BCUT2D eigenvalue weighted by Gasteiger charge is -2.23. The molecule has 0 saturated heterocycles. The van der Waals surface area contributed by atoms with Gasteiger partial charge in [-0.1, -0.05) is 11.6 Å². The van der Waals surface area contributed by atoms with E-state index in [1.54, 1.807) is 13.0 Å². The van der Waals surface area contributed by atoms with Gasteiger partial charge in [-0.2, -0.15) is 13.2 Å². The normalized spacial score (nSPS) is 11.4. The lowest BCUT2D eigenvalue weighted by Crippen LogP contribution is -2.34. The van der Waals surface area contributed by atoms with Crippen molar-refractivity contribution in [2.24, 2.45) is 0 Å². The highest BCUT2D eigenvalue weighted by Crippen LogP contribution is 2.29. The van der Waals surface area contributed by atoms with Crippen molar-refractivity contribution in [1.82, 2.24) is 4.90 Å². The van der Waals surface area contributed by atoms with Crippen LogP contribution in [0.5, 0.6) is 5.75 Å². The van der Waals surface area contributed by atoms with E-state index in [1.807, 2.05) is 22.6 Å². The zero-order chi connectivity index (χ0) is 16.2. The zero-order valence-corrected chi connectivity index (χ0v) is 14.3. The van der Waals surface area contributed by atoms with E-state index in [1.165, 1.54) is 13.2 Å². The quantitative estimate of drug-likeness (QED) is 0.643. The van der Waals surface area contributed by atoms with E-state index in [4.69, 9.17) is 16.3 Å². The van der Waals surface area contributed by atoms with E-state index in [2.05, 4.69) is 0 Å². The maximum Gasteiger partial charge on any atom is 0.390 e. The smallest absolute Gasteiger partial charge is 0.390 e. The van der Waals surface area contributed by atoms with Crippen molar-refractivity contribution in [3.05, 3.63) is 26.3 Å². The van der Waals surface area contributed by atoms with Gasteiger partial charge >= 0.3 is 6.18 Å². The third-order valence-corrected chi connectivity index (χ3v) is 4.33. The molecule has 0 heterocycles. The minimum atomic E-state index is -4.30. The van der Waals surface area contributed by atoms with Crippen LogP contribution in [0.2, 0.25) is 5.02 Å². The summed E-state index contributed by atoms with van der Waals surface area (Å²) in [4.78, 5) is 13.5. The molecule has 0 aliphatic rings. The average Bonchev–Trinajstić information content (AvgIpc) is 2.40. The van der Waals surface area contributed by atoms with Crippen molar-refractivity contribution >= 4 is 40.1 Å². The van der Waals surface area contributed by atoms with Crippen molar-refractivity contribution in [1.29, 1.82) is 0 Å². The number of hydrogen-bond donors (Lipinski definition) is 0. The summed E-state index contributed by atoms with van der Waals surface area (Å²) in [6.45, 7) is 1.39. The van der Waals surface area contributed by atoms with Crippen LogP contribution in [-0.4, -0.2) is 37.2 Å². The molecule has 1 aromatic rings. The Hall–Kier alpha value is -0.700. The molecule has 8 heteroatoms. The van der Waals surface area contributed by atoms with E-state index < -0.39 is 25.0 Å². The first-order chi connectivity index (χ1) is 9.69. The summed E-state index contributed by atoms with van der Waals surface area (Å²) in [5, 5.41) is 0.353. The summed E-state index contributed by atoms with van der Waals surface area (Å²) >= 11 is 7.95. The maximum absolute atomic E-state index is 12.4. The predicted octanol–water partition coefficient (Wildman–Crippen LogP) is 4.37. The minimum Gasteiger partial charge on any atom is -0.496 e. The van der Waals surface area contributed by atoms with Gasteiger partial charge in [0.2, 0.25) is 0 Å². The Bertz CT molecular complexity index is 523. The van der Waals surface area contributed by atoms with Gasteiger partial charge in [-0.3, -0.25) is 4.79 Å². The van der Waals surface area contributed by atoms with E-state index in [0.29, 0.717) is 14.3 Å². The molecule has 0 aromatic heterocycles. The molecule has 0 unspecified atom stereocenters. The van der Waals surface area contributed by atoms with Crippen LogP contribution < -0.4 is 4.74 Å². The van der Waals surface area contributed by atoms with Crippen LogP contribution in [0.4, 0.5) is 13.2 Å². The van der Waals surface area contributed by atoms with Gasteiger partial charge in [0.15, 0.2) is 0 Å². The molecule has 0 atom stereocenters. The first-order valence-corrected chi connectivity index (χ1v) is 7.54. The SMILES string of the molecule is CCN(CCC(F)(F)F)C(=O)c1cc(Cl)c(I)cc1OC. The molecule has 0 radical (unpaired) electrons. The highest BCUT2D eigenvalue weighted by Gasteiger charge is 2.29. The first-order valence-electron chi connectivity index (χ1n) is 6.08. The number of benzene rings is 1. The fraction of sp³-hybridized carbons (Fsp3) is 0.462. The Morgan fingerprint density at radius 1 is 1.43 bits per heavy atom. The number of carbonyl (C=O) groups is 1. The number of amides is 1. The Balaban J connectivity index is 3.02. The molecule has 3 nitrogen and oxygen atoms in total. The van der Waals surface area contributed by atoms with Crippen LogP contribution in [0.1, 0.15) is 23.7 Å². The van der Waals surface area contributed by atoms with Crippen molar-refractivity contribution < 1.29 is 22.7 Å². The lowest BCUT2D eigenvalue weighted by atomic mass is 10.1. The maximum atomic E-state index is 12.4. The topological polar surface area (TPSA) is 29.5 Å². The average molecular weight is 436 g/mol. The number of rotatable bonds is 5. The summed E-state index contributed by atoms with van der Waals surface area (Å²) < 4.78 is 42.7. The molecule has 0 spiro atoms. The molecule has 0 fully saturated rings. The summed E-state index contributed by atoms with van der Waals surface area (Å²) in [6.07, 6.45) is -5.35. The number of methoxy groups -OCH3 is 1. The van der Waals surface area contributed by atoms with Crippen molar-refractivity contribution in [3.8, 4) is 5.75 Å². The lowest BCUT2D eigenvalue weighted by molar-refractivity contribution is -0.136. The highest BCUT2D eigenvalue weighted by molar-refractivity contribution is 14.1. The number of nitrogens with zero attached hydrogens (tertiary/aromatic N) is 1. The second-order valence-corrected chi connectivity index (χ2v) is 5.79. The fourth-order valence-corrected chi connectivity index (χ4v) is 2.30. The molecule has 118 valence electrons. The van der Waals surface area contributed by atoms with Gasteiger partial charge in [0, 0.05) is 16.7 Å². The number of halogens is 5. The van der Waals surface area contributed by atoms with Gasteiger partial charge in [0.05, 0.1) is 24.1 Å². The summed E-state index contributed by atoms with van der Waals surface area (Å²) in [5.41, 5.74) is 0.159. The van der Waals surface area contributed by atoms with Gasteiger partial charge in [0.1, 0.15) is 5.75 Å². The van der Waals surface area contributed by atoms with Gasteiger partial charge in [0.25, 0.3) is 5.91 Å². The molecular weight excluding hydrogens is 421 g/mol. The highest BCUT2D eigenvalue weighted by atomic mass is 127. The van der Waals surface area contributed by atoms with Crippen molar-refractivity contribution in [2.45, 2.75) is 19.5 Å². The third kappa shape index (κ3) is 5.21. The second-order valence-electron chi connectivity index (χ2n) is 4.22. The van der Waals surface area contributed by atoms with Crippen LogP contribution in [0.3, 0.4) is 0 Å². The standard InChI is InChI=1S/C13H14ClF3INO2/c1-3-19(5-4-13(15,16)17)12(20)8-6-9(14)10(18)7-11(8)21-2/h6-7H,3-5H2,1-2H3. The molecule has 1 rings (SSSR count). The van der Waals surface area contributed by atoms with Crippen LogP contribution >= 0.6 is 34.2 Å². The fourth-order valence-electron chi connectivity index (χ4n) is 1.70. The minimum absolute atomic E-state index is 0.159. The summed E-state index contributed by atoms with van der Waals surface area (Å²) in [6, 6.07) is 2.99. The molecule has 0 saturated carbocycles. The number of ether oxygens (including phenoxy) is 1. The van der Waals surface area contributed by atoms with Crippen LogP contribution in [0.25, 0.3) is 0 Å². The molecule has 0 N–H and O–H groups in total. The predicted molar refractivity (Wildman–Crippen MR) is 83.0 cm³/mol. The number of hydrogen-bond acceptors (Lipinski definition) is 2. The Labute approximate surface area is 139 Å². The van der Waals surface area contributed by atoms with Gasteiger partial charge in [-0.15, -0.1) is 0 Å². The van der Waals surface area contributed by atoms with E-state index in [9.17, 15) is 18.0 Å². The van der Waals surface area contributed by atoms with Crippen LogP contribution in [-0.2, 0) is 0 Å². The van der Waals surface area contributed by atoms with Gasteiger partial charge < -0.3 is 9.64 Å². The monoisotopic (exact) mass is 435 g/mol. The van der Waals surface area contributed by atoms with Crippen molar-refractivity contribution in [2.75, 3.05) is 20.2 Å².